The highest BCUT2D eigenvalue weighted by Gasteiger charge is 2.35. The molecular weight excluding hydrogens is 326 g/mol. The van der Waals surface area contributed by atoms with Gasteiger partial charge in [0.25, 0.3) is 0 Å². The number of methoxy groups -OCH3 is 1. The van der Waals surface area contributed by atoms with Crippen LogP contribution < -0.4 is 4.90 Å². The lowest BCUT2D eigenvalue weighted by atomic mass is 10.1. The van der Waals surface area contributed by atoms with Crippen LogP contribution >= 0.6 is 22.0 Å². The van der Waals surface area contributed by atoms with Crippen LogP contribution in [0.2, 0.25) is 0 Å². The lowest BCUT2D eigenvalue weighted by Crippen LogP contribution is -2.26. The van der Waals surface area contributed by atoms with E-state index in [0.717, 1.165) is 0 Å². The number of hydrogen-bond acceptors (Lipinski definition) is 6. The molecule has 0 saturated carbocycles. The Morgan fingerprint density at radius 1 is 1.60 bits per heavy atom. The number of carbonyl (C=O) groups is 2. The third-order valence-electron chi connectivity index (χ3n) is 2.94. The largest absolute Gasteiger partial charge is 0.465 e. The van der Waals surface area contributed by atoms with E-state index in [9.17, 15) is 18.0 Å². The normalized spacial score (nSPS) is 19.4. The fraction of sp³-hybridized carbons (Fsp3) is 0.455. The minimum Gasteiger partial charge on any atom is -0.465 e. The van der Waals surface area contributed by atoms with E-state index in [-0.39, 0.29) is 30.5 Å². The summed E-state index contributed by atoms with van der Waals surface area (Å²) in [5.41, 5.74) is 0.306. The first-order valence-electron chi connectivity index (χ1n) is 5.70. The van der Waals surface area contributed by atoms with E-state index in [1.165, 1.54) is 23.3 Å². The minimum atomic E-state index is -3.65. The fourth-order valence-corrected chi connectivity index (χ4v) is 4.38. The standard InChI is InChI=1S/C11H12ClNO5S2/c1-18-11(15)8-2-3-19-10(8)13-5-7(4-9(13)14)6-20(12,16)17/h2-3,7H,4-6H2,1H3. The molecule has 0 aliphatic carbocycles. The molecule has 0 N–H and O–H groups in total. The number of thiophene rings is 1. The van der Waals surface area contributed by atoms with Gasteiger partial charge in [0.1, 0.15) is 5.00 Å². The highest BCUT2D eigenvalue weighted by molar-refractivity contribution is 8.13. The lowest BCUT2D eigenvalue weighted by molar-refractivity contribution is -0.117. The van der Waals surface area contributed by atoms with Gasteiger partial charge in [0.2, 0.25) is 15.0 Å². The highest BCUT2D eigenvalue weighted by atomic mass is 35.7. The first kappa shape index (κ1) is 15.3. The summed E-state index contributed by atoms with van der Waals surface area (Å²) in [7, 11) is 2.82. The number of ether oxygens (including phenoxy) is 1. The van der Waals surface area contributed by atoms with Gasteiger partial charge < -0.3 is 9.64 Å². The second kappa shape index (κ2) is 5.71. The molecule has 9 heteroatoms. The molecular formula is C11H12ClNO5S2. The van der Waals surface area contributed by atoms with E-state index < -0.39 is 15.0 Å². The number of rotatable bonds is 4. The van der Waals surface area contributed by atoms with E-state index in [2.05, 4.69) is 4.74 Å². The SMILES string of the molecule is COC(=O)c1ccsc1N1CC(CS(=O)(=O)Cl)CC1=O. The number of carbonyl (C=O) groups excluding carboxylic acids is 2. The van der Waals surface area contributed by atoms with Crippen LogP contribution in [0, 0.1) is 5.92 Å². The van der Waals surface area contributed by atoms with Crippen molar-refractivity contribution in [1.82, 2.24) is 0 Å². The molecule has 1 aliphatic rings. The van der Waals surface area contributed by atoms with Crippen LogP contribution in [0.4, 0.5) is 5.00 Å². The van der Waals surface area contributed by atoms with Gasteiger partial charge >= 0.3 is 5.97 Å². The number of esters is 1. The molecule has 0 bridgehead atoms. The first-order chi connectivity index (χ1) is 9.31. The molecule has 1 fully saturated rings. The third-order valence-corrected chi connectivity index (χ3v) is 5.12. The van der Waals surface area contributed by atoms with Crippen LogP contribution in [0.5, 0.6) is 0 Å². The number of amides is 1. The van der Waals surface area contributed by atoms with Gasteiger partial charge in [-0.25, -0.2) is 13.2 Å². The Labute approximate surface area is 124 Å². The van der Waals surface area contributed by atoms with Gasteiger partial charge in [0, 0.05) is 29.6 Å². The van der Waals surface area contributed by atoms with Crippen molar-refractivity contribution < 1.29 is 22.7 Å². The molecule has 1 aromatic heterocycles. The molecule has 1 unspecified atom stereocenters. The summed E-state index contributed by atoms with van der Waals surface area (Å²) in [6.45, 7) is 0.231. The monoisotopic (exact) mass is 337 g/mol. The van der Waals surface area contributed by atoms with Crippen molar-refractivity contribution in [2.75, 3.05) is 24.3 Å². The lowest BCUT2D eigenvalue weighted by Gasteiger charge is -2.15. The van der Waals surface area contributed by atoms with Crippen LogP contribution in [-0.4, -0.2) is 39.7 Å². The van der Waals surface area contributed by atoms with Crippen molar-refractivity contribution in [3.63, 3.8) is 0 Å². The predicted octanol–water partition coefficient (Wildman–Crippen LogP) is 1.46. The van der Waals surface area contributed by atoms with Crippen molar-refractivity contribution in [3.8, 4) is 0 Å². The zero-order valence-electron chi connectivity index (χ0n) is 10.5. The maximum absolute atomic E-state index is 12.0. The fourth-order valence-electron chi connectivity index (χ4n) is 2.15. The molecule has 1 atom stereocenters. The second-order valence-corrected chi connectivity index (χ2v) is 8.13. The molecule has 20 heavy (non-hydrogen) atoms. The Kier molecular flexibility index (Phi) is 4.36. The Hall–Kier alpha value is -1.12. The maximum atomic E-state index is 12.0. The Morgan fingerprint density at radius 2 is 2.30 bits per heavy atom. The van der Waals surface area contributed by atoms with Crippen LogP contribution in [0.3, 0.4) is 0 Å². The van der Waals surface area contributed by atoms with Gasteiger partial charge in [-0.1, -0.05) is 0 Å². The molecule has 0 aromatic carbocycles. The second-order valence-electron chi connectivity index (χ2n) is 4.41. The average Bonchev–Trinajstić information content (AvgIpc) is 2.92. The first-order valence-corrected chi connectivity index (χ1v) is 9.06. The molecule has 1 aliphatic heterocycles. The summed E-state index contributed by atoms with van der Waals surface area (Å²) in [5.74, 6) is -1.36. The predicted molar refractivity (Wildman–Crippen MR) is 75.8 cm³/mol. The number of hydrogen-bond donors (Lipinski definition) is 0. The van der Waals surface area contributed by atoms with Crippen molar-refractivity contribution in [2.24, 2.45) is 5.92 Å². The van der Waals surface area contributed by atoms with Crippen molar-refractivity contribution >= 4 is 47.9 Å². The summed E-state index contributed by atoms with van der Waals surface area (Å²) in [6.07, 6.45) is 0.102. The van der Waals surface area contributed by atoms with Gasteiger partial charge in [-0.3, -0.25) is 4.79 Å². The van der Waals surface area contributed by atoms with Crippen molar-refractivity contribution in [3.05, 3.63) is 17.0 Å². The van der Waals surface area contributed by atoms with Crippen molar-refractivity contribution in [2.45, 2.75) is 6.42 Å². The van der Waals surface area contributed by atoms with Gasteiger partial charge in [0.05, 0.1) is 18.4 Å². The Bertz CT molecular complexity index is 639. The van der Waals surface area contributed by atoms with E-state index in [0.29, 0.717) is 10.6 Å². The van der Waals surface area contributed by atoms with E-state index in [1.54, 1.807) is 11.4 Å². The van der Waals surface area contributed by atoms with Crippen LogP contribution in [0.15, 0.2) is 11.4 Å². The molecule has 0 radical (unpaired) electrons. The Balaban J connectivity index is 2.20. The number of halogens is 1. The molecule has 0 spiro atoms. The number of nitrogens with zero attached hydrogens (tertiary/aromatic N) is 1. The molecule has 1 saturated heterocycles. The van der Waals surface area contributed by atoms with E-state index in [4.69, 9.17) is 10.7 Å². The Morgan fingerprint density at radius 3 is 2.90 bits per heavy atom. The number of anilines is 1. The van der Waals surface area contributed by atoms with Gasteiger partial charge in [-0.05, 0) is 11.4 Å². The quantitative estimate of drug-likeness (QED) is 0.613. The van der Waals surface area contributed by atoms with Crippen molar-refractivity contribution in [1.29, 1.82) is 0 Å². The maximum Gasteiger partial charge on any atom is 0.340 e. The highest BCUT2D eigenvalue weighted by Crippen LogP contribution is 2.33. The van der Waals surface area contributed by atoms with Gasteiger partial charge in [-0.2, -0.15) is 0 Å². The van der Waals surface area contributed by atoms with Gasteiger partial charge in [-0.15, -0.1) is 11.3 Å². The molecule has 2 heterocycles. The summed E-state index contributed by atoms with van der Waals surface area (Å²) in [4.78, 5) is 25.0. The molecule has 2 rings (SSSR count). The molecule has 6 nitrogen and oxygen atoms in total. The smallest absolute Gasteiger partial charge is 0.340 e. The van der Waals surface area contributed by atoms with E-state index >= 15 is 0 Å². The topological polar surface area (TPSA) is 80.8 Å². The average molecular weight is 338 g/mol. The van der Waals surface area contributed by atoms with Crippen LogP contribution in [0.25, 0.3) is 0 Å². The van der Waals surface area contributed by atoms with Gasteiger partial charge in [0.15, 0.2) is 0 Å². The molecule has 1 amide bonds. The molecule has 110 valence electrons. The summed E-state index contributed by atoms with van der Waals surface area (Å²) < 4.78 is 26.8. The van der Waals surface area contributed by atoms with E-state index in [1.807, 2.05) is 0 Å². The minimum absolute atomic E-state index is 0.102. The zero-order chi connectivity index (χ0) is 14.9. The zero-order valence-corrected chi connectivity index (χ0v) is 12.9. The third kappa shape index (κ3) is 3.31. The van der Waals surface area contributed by atoms with Crippen LogP contribution in [-0.2, 0) is 18.6 Å². The van der Waals surface area contributed by atoms with Crippen LogP contribution in [0.1, 0.15) is 16.8 Å². The molecule has 1 aromatic rings. The summed E-state index contributed by atoms with van der Waals surface area (Å²) >= 11 is 1.24. The summed E-state index contributed by atoms with van der Waals surface area (Å²) in [6, 6.07) is 1.57. The summed E-state index contributed by atoms with van der Waals surface area (Å²) in [5, 5.41) is 2.16.